The van der Waals surface area contributed by atoms with Gasteiger partial charge in [-0.3, -0.25) is 39.1 Å². The summed E-state index contributed by atoms with van der Waals surface area (Å²) in [4.78, 5) is 71.8. The Kier molecular flexibility index (Phi) is 8.38. The monoisotopic (exact) mass is 764 g/mol. The fourth-order valence-corrected chi connectivity index (χ4v) is 10.5. The van der Waals surface area contributed by atoms with Gasteiger partial charge in [-0.05, 0) is 79.1 Å². The first-order valence-corrected chi connectivity index (χ1v) is 19.6. The van der Waals surface area contributed by atoms with Crippen molar-refractivity contribution in [3.8, 4) is 23.7 Å². The lowest BCUT2D eigenvalue weighted by Gasteiger charge is -2.65. The van der Waals surface area contributed by atoms with Gasteiger partial charge in [0.2, 0.25) is 11.8 Å². The van der Waals surface area contributed by atoms with Gasteiger partial charge >= 0.3 is 0 Å². The van der Waals surface area contributed by atoms with Gasteiger partial charge in [-0.1, -0.05) is 39.5 Å². The van der Waals surface area contributed by atoms with Gasteiger partial charge in [0.05, 0.1) is 22.8 Å². The minimum absolute atomic E-state index is 0.0305. The second-order valence-corrected chi connectivity index (χ2v) is 17.6. The number of nitrogens with zero attached hydrogens (tertiary/aromatic N) is 5. The standard InChI is InChI=1S/C45H44N6O6/c1-25-16-32(11-9-28(25)19-46)57-43-44(2,3)42(45(43,4)5)50-22-29-17-26(8-12-33(29)39(50)54)6-7-27-20-48(21-27)31-23-49(24-31)30-10-13-34-35(18-30)41(56)51(40(34)55)36-14-15-37(52)47-38(36)53/h8-13,16-18,27,31,36,42-43H,14-15,20-24H2,1-5H3,(H,47,52,53)/t36?,42-,43-. The van der Waals surface area contributed by atoms with Crippen LogP contribution in [-0.4, -0.2) is 94.6 Å². The van der Waals surface area contributed by atoms with E-state index in [4.69, 9.17) is 4.74 Å². The molecule has 5 heterocycles. The lowest BCUT2D eigenvalue weighted by atomic mass is 9.49. The van der Waals surface area contributed by atoms with Crippen molar-refractivity contribution in [2.24, 2.45) is 16.7 Å². The molecule has 5 amide bonds. The number of rotatable bonds is 6. The smallest absolute Gasteiger partial charge is 0.262 e. The summed E-state index contributed by atoms with van der Waals surface area (Å²) in [6, 6.07) is 18.3. The number of likely N-dealkylation sites (tertiary alicyclic amines) is 1. The Hall–Kier alpha value is -5.98. The van der Waals surface area contributed by atoms with Crippen molar-refractivity contribution in [3.05, 3.63) is 93.5 Å². The largest absolute Gasteiger partial charge is 0.489 e. The minimum Gasteiger partial charge on any atom is -0.489 e. The molecule has 12 nitrogen and oxygen atoms in total. The molecule has 290 valence electrons. The second-order valence-electron chi connectivity index (χ2n) is 17.6. The van der Waals surface area contributed by atoms with E-state index in [-0.39, 0.29) is 53.2 Å². The van der Waals surface area contributed by atoms with Gasteiger partial charge < -0.3 is 14.5 Å². The van der Waals surface area contributed by atoms with Crippen molar-refractivity contribution in [3.63, 3.8) is 0 Å². The van der Waals surface area contributed by atoms with Crippen LogP contribution in [0, 0.1) is 46.8 Å². The molecule has 1 aliphatic carbocycles. The highest BCUT2D eigenvalue weighted by Gasteiger charge is 2.67. The number of fused-ring (bicyclic) bond motifs is 2. The minimum atomic E-state index is -0.980. The number of nitrogens with one attached hydrogen (secondary N) is 1. The Labute approximate surface area is 331 Å². The molecule has 3 aromatic rings. The maximum Gasteiger partial charge on any atom is 0.262 e. The van der Waals surface area contributed by atoms with Crippen LogP contribution in [0.3, 0.4) is 0 Å². The number of imide groups is 2. The van der Waals surface area contributed by atoms with Crippen LogP contribution in [0.15, 0.2) is 54.6 Å². The summed E-state index contributed by atoms with van der Waals surface area (Å²) in [6.45, 7) is 14.4. The Bertz CT molecular complexity index is 2390. The molecule has 57 heavy (non-hydrogen) atoms. The van der Waals surface area contributed by atoms with Crippen LogP contribution < -0.4 is 15.0 Å². The van der Waals surface area contributed by atoms with Crippen LogP contribution in [0.25, 0.3) is 0 Å². The topological polar surface area (TPSA) is 143 Å². The molecule has 0 bridgehead atoms. The Morgan fingerprint density at radius 1 is 0.825 bits per heavy atom. The summed E-state index contributed by atoms with van der Waals surface area (Å²) in [6.07, 6.45) is 0.0907. The number of benzene rings is 3. The van der Waals surface area contributed by atoms with Crippen LogP contribution in [0.2, 0.25) is 0 Å². The molecule has 4 fully saturated rings. The fraction of sp³-hybridized carbons (Fsp3) is 0.422. The molecule has 3 saturated heterocycles. The molecule has 3 aromatic carbocycles. The van der Waals surface area contributed by atoms with Crippen molar-refractivity contribution in [1.82, 2.24) is 20.0 Å². The predicted molar refractivity (Wildman–Crippen MR) is 209 cm³/mol. The van der Waals surface area contributed by atoms with Crippen LogP contribution in [0.5, 0.6) is 5.75 Å². The average molecular weight is 765 g/mol. The quantitative estimate of drug-likeness (QED) is 0.288. The van der Waals surface area contributed by atoms with E-state index in [0.717, 1.165) is 64.8 Å². The Balaban J connectivity index is 0.783. The van der Waals surface area contributed by atoms with Crippen molar-refractivity contribution in [1.29, 1.82) is 5.26 Å². The molecule has 12 heteroatoms. The summed E-state index contributed by atoms with van der Waals surface area (Å²) in [5.41, 5.74) is 4.96. The third-order valence-corrected chi connectivity index (χ3v) is 13.1. The summed E-state index contributed by atoms with van der Waals surface area (Å²) in [7, 11) is 0. The van der Waals surface area contributed by atoms with Crippen molar-refractivity contribution in [2.45, 2.75) is 78.2 Å². The Morgan fingerprint density at radius 3 is 2.25 bits per heavy atom. The first-order valence-electron chi connectivity index (χ1n) is 19.6. The Morgan fingerprint density at radius 2 is 1.54 bits per heavy atom. The number of hydrogen-bond acceptors (Lipinski definition) is 9. The first kappa shape index (κ1) is 36.6. The molecular weight excluding hydrogens is 721 g/mol. The molecular formula is C45H44N6O6. The van der Waals surface area contributed by atoms with Gasteiger partial charge in [0.1, 0.15) is 17.9 Å². The van der Waals surface area contributed by atoms with E-state index in [1.807, 2.05) is 42.2 Å². The molecule has 0 spiro atoms. The third-order valence-electron chi connectivity index (χ3n) is 13.1. The van der Waals surface area contributed by atoms with E-state index in [0.29, 0.717) is 23.7 Å². The summed E-state index contributed by atoms with van der Waals surface area (Å²) in [5, 5.41) is 11.6. The zero-order chi connectivity index (χ0) is 40.1. The molecule has 1 atom stereocenters. The number of amides is 5. The number of nitriles is 1. The fourth-order valence-electron chi connectivity index (χ4n) is 10.5. The van der Waals surface area contributed by atoms with Crippen LogP contribution in [-0.2, 0) is 16.1 Å². The molecule has 9 rings (SSSR count). The number of ether oxygens (including phenoxy) is 1. The van der Waals surface area contributed by atoms with Crippen LogP contribution in [0.1, 0.15) is 93.9 Å². The van der Waals surface area contributed by atoms with E-state index < -0.39 is 29.7 Å². The van der Waals surface area contributed by atoms with Gasteiger partial charge in [0.25, 0.3) is 17.7 Å². The van der Waals surface area contributed by atoms with Gasteiger partial charge in [-0.25, -0.2) is 0 Å². The number of anilines is 1. The van der Waals surface area contributed by atoms with Crippen molar-refractivity contribution in [2.75, 3.05) is 31.1 Å². The second kappa shape index (κ2) is 13.0. The summed E-state index contributed by atoms with van der Waals surface area (Å²) < 4.78 is 6.55. The summed E-state index contributed by atoms with van der Waals surface area (Å²) in [5.74, 6) is 5.84. The van der Waals surface area contributed by atoms with Crippen molar-refractivity contribution < 1.29 is 28.7 Å². The van der Waals surface area contributed by atoms with Crippen LogP contribution >= 0.6 is 0 Å². The number of carbonyl (C=O) groups is 5. The first-order chi connectivity index (χ1) is 27.1. The van der Waals surface area contributed by atoms with Crippen LogP contribution in [0.4, 0.5) is 5.69 Å². The molecule has 0 aromatic heterocycles. The molecule has 5 aliphatic heterocycles. The normalized spacial score (nSPS) is 25.1. The molecule has 0 radical (unpaired) electrons. The number of piperidine rings is 1. The number of carbonyl (C=O) groups excluding carboxylic acids is 5. The maximum atomic E-state index is 13.8. The molecule has 6 aliphatic rings. The number of hydrogen-bond donors (Lipinski definition) is 1. The lowest BCUT2D eigenvalue weighted by Crippen LogP contribution is -2.74. The summed E-state index contributed by atoms with van der Waals surface area (Å²) >= 11 is 0. The predicted octanol–water partition coefficient (Wildman–Crippen LogP) is 4.28. The van der Waals surface area contributed by atoms with E-state index in [2.05, 4.69) is 66.8 Å². The van der Waals surface area contributed by atoms with E-state index in [1.54, 1.807) is 18.2 Å². The SMILES string of the molecule is Cc1cc(O[C@H]2C(C)(C)[C@H](N3Cc4cc(C#CC5CN(C6CN(c7ccc8c(c7)C(=O)N(C7CCC(=O)NC7=O)C8=O)C6)C5)ccc4C3=O)C2(C)C)ccc1C#N. The van der Waals surface area contributed by atoms with E-state index in [1.165, 1.54) is 0 Å². The van der Waals surface area contributed by atoms with E-state index >= 15 is 0 Å². The zero-order valence-electron chi connectivity index (χ0n) is 32.7. The molecule has 1 unspecified atom stereocenters. The van der Waals surface area contributed by atoms with Gasteiger partial charge in [0.15, 0.2) is 0 Å². The lowest BCUT2D eigenvalue weighted by molar-refractivity contribution is -0.199. The maximum absolute atomic E-state index is 13.8. The highest BCUT2D eigenvalue weighted by Crippen LogP contribution is 2.59. The molecule has 1 saturated carbocycles. The number of aryl methyl sites for hydroxylation is 1. The van der Waals surface area contributed by atoms with E-state index in [9.17, 15) is 29.2 Å². The zero-order valence-corrected chi connectivity index (χ0v) is 32.7. The highest BCUT2D eigenvalue weighted by molar-refractivity contribution is 6.23. The van der Waals surface area contributed by atoms with Gasteiger partial charge in [-0.2, -0.15) is 5.26 Å². The third kappa shape index (κ3) is 5.80. The van der Waals surface area contributed by atoms with Crippen molar-refractivity contribution >= 4 is 35.2 Å². The van der Waals surface area contributed by atoms with Gasteiger partial charge in [-0.15, -0.1) is 0 Å². The average Bonchev–Trinajstić information content (AvgIpc) is 3.57. The molecule has 1 N–H and O–H groups in total. The highest BCUT2D eigenvalue weighted by atomic mass is 16.5. The van der Waals surface area contributed by atoms with Gasteiger partial charge in [0, 0.05) is 84.8 Å².